The van der Waals surface area contributed by atoms with E-state index in [1.54, 1.807) is 0 Å². The van der Waals surface area contributed by atoms with Gasteiger partial charge in [-0.2, -0.15) is 0 Å². The highest BCUT2D eigenvalue weighted by Gasteiger charge is 2.24. The number of nitrogens with zero attached hydrogens (tertiary/aromatic N) is 2. The summed E-state index contributed by atoms with van der Waals surface area (Å²) in [4.78, 5) is 7.23. The molecular formula is C18H23N3. The number of rotatable bonds is 3. The Labute approximate surface area is 127 Å². The van der Waals surface area contributed by atoms with Crippen LogP contribution in [0.25, 0.3) is 0 Å². The molecule has 1 aromatic heterocycles. The van der Waals surface area contributed by atoms with E-state index < -0.39 is 0 Å². The van der Waals surface area contributed by atoms with E-state index in [4.69, 9.17) is 4.98 Å². The van der Waals surface area contributed by atoms with Gasteiger partial charge in [-0.3, -0.25) is 9.88 Å². The SMILES string of the molecule is Cc1ccc(C(c2cccc(C)c2)N2CCNCC2)nc1. The van der Waals surface area contributed by atoms with Crippen molar-refractivity contribution in [1.29, 1.82) is 0 Å². The van der Waals surface area contributed by atoms with Crippen molar-refractivity contribution in [2.75, 3.05) is 26.2 Å². The first-order valence-corrected chi connectivity index (χ1v) is 7.68. The Hall–Kier alpha value is -1.71. The van der Waals surface area contributed by atoms with Crippen LogP contribution in [-0.2, 0) is 0 Å². The predicted octanol–water partition coefficient (Wildman–Crippen LogP) is 2.69. The summed E-state index contributed by atoms with van der Waals surface area (Å²) in [6.45, 7) is 8.47. The van der Waals surface area contributed by atoms with Crippen LogP contribution in [0.3, 0.4) is 0 Å². The van der Waals surface area contributed by atoms with Gasteiger partial charge in [-0.05, 0) is 31.0 Å². The number of nitrogens with one attached hydrogen (secondary N) is 1. The number of piperazine rings is 1. The van der Waals surface area contributed by atoms with Gasteiger partial charge in [-0.15, -0.1) is 0 Å². The molecule has 3 heteroatoms. The van der Waals surface area contributed by atoms with E-state index >= 15 is 0 Å². The Morgan fingerprint density at radius 1 is 1.05 bits per heavy atom. The zero-order valence-corrected chi connectivity index (χ0v) is 12.8. The minimum absolute atomic E-state index is 0.257. The van der Waals surface area contributed by atoms with Gasteiger partial charge in [0, 0.05) is 32.4 Å². The summed E-state index contributed by atoms with van der Waals surface area (Å²) in [6.07, 6.45) is 1.97. The average molecular weight is 281 g/mol. The lowest BCUT2D eigenvalue weighted by Gasteiger charge is -2.35. The van der Waals surface area contributed by atoms with Gasteiger partial charge in [-0.25, -0.2) is 0 Å². The maximum atomic E-state index is 4.70. The number of hydrogen-bond acceptors (Lipinski definition) is 3. The second-order valence-electron chi connectivity index (χ2n) is 5.86. The van der Waals surface area contributed by atoms with Crippen molar-refractivity contribution in [3.63, 3.8) is 0 Å². The van der Waals surface area contributed by atoms with E-state index in [0.29, 0.717) is 0 Å². The lowest BCUT2D eigenvalue weighted by atomic mass is 9.98. The number of aryl methyl sites for hydroxylation is 2. The molecule has 1 aliphatic heterocycles. The van der Waals surface area contributed by atoms with Crippen LogP contribution >= 0.6 is 0 Å². The summed E-state index contributed by atoms with van der Waals surface area (Å²) in [5.41, 5.74) is 5.00. The van der Waals surface area contributed by atoms with Crippen molar-refractivity contribution in [1.82, 2.24) is 15.2 Å². The molecule has 0 aliphatic carbocycles. The van der Waals surface area contributed by atoms with Crippen molar-refractivity contribution in [2.45, 2.75) is 19.9 Å². The van der Waals surface area contributed by atoms with Crippen molar-refractivity contribution >= 4 is 0 Å². The van der Waals surface area contributed by atoms with Crippen LogP contribution in [0, 0.1) is 13.8 Å². The summed E-state index contributed by atoms with van der Waals surface area (Å²) >= 11 is 0. The number of aromatic nitrogens is 1. The van der Waals surface area contributed by atoms with Crippen LogP contribution in [0.4, 0.5) is 0 Å². The molecule has 1 fully saturated rings. The highest BCUT2D eigenvalue weighted by molar-refractivity contribution is 5.32. The molecule has 1 unspecified atom stereocenters. The predicted molar refractivity (Wildman–Crippen MR) is 86.4 cm³/mol. The molecule has 3 nitrogen and oxygen atoms in total. The van der Waals surface area contributed by atoms with E-state index in [0.717, 1.165) is 31.9 Å². The van der Waals surface area contributed by atoms with Gasteiger partial charge in [0.1, 0.15) is 0 Å². The molecule has 1 saturated heterocycles. The second kappa shape index (κ2) is 6.37. The van der Waals surface area contributed by atoms with Crippen LogP contribution < -0.4 is 5.32 Å². The Balaban J connectivity index is 1.99. The van der Waals surface area contributed by atoms with Crippen LogP contribution in [0.15, 0.2) is 42.6 Å². The third-order valence-electron chi connectivity index (χ3n) is 4.09. The summed E-state index contributed by atoms with van der Waals surface area (Å²) in [5, 5.41) is 3.43. The zero-order valence-electron chi connectivity index (χ0n) is 12.8. The molecule has 3 rings (SSSR count). The standard InChI is InChI=1S/C18H23N3/c1-14-4-3-5-16(12-14)18(21-10-8-19-9-11-21)17-7-6-15(2)13-20-17/h3-7,12-13,18-19H,8-11H2,1-2H3. The fraction of sp³-hybridized carbons (Fsp3) is 0.389. The van der Waals surface area contributed by atoms with Gasteiger partial charge in [0.05, 0.1) is 11.7 Å². The Morgan fingerprint density at radius 2 is 1.86 bits per heavy atom. The van der Waals surface area contributed by atoms with Gasteiger partial charge in [0.15, 0.2) is 0 Å². The Bertz CT molecular complexity index is 586. The molecule has 0 radical (unpaired) electrons. The third kappa shape index (κ3) is 3.31. The molecule has 21 heavy (non-hydrogen) atoms. The van der Waals surface area contributed by atoms with Crippen molar-refractivity contribution in [3.8, 4) is 0 Å². The van der Waals surface area contributed by atoms with Gasteiger partial charge < -0.3 is 5.32 Å². The Kier molecular flexibility index (Phi) is 4.32. The first-order valence-electron chi connectivity index (χ1n) is 7.68. The summed E-state index contributed by atoms with van der Waals surface area (Å²) < 4.78 is 0. The Morgan fingerprint density at radius 3 is 2.52 bits per heavy atom. The quantitative estimate of drug-likeness (QED) is 0.937. The van der Waals surface area contributed by atoms with Gasteiger partial charge >= 0.3 is 0 Å². The van der Waals surface area contributed by atoms with E-state index in [-0.39, 0.29) is 6.04 Å². The van der Waals surface area contributed by atoms with Crippen LogP contribution in [-0.4, -0.2) is 36.1 Å². The topological polar surface area (TPSA) is 28.2 Å². The van der Waals surface area contributed by atoms with Gasteiger partial charge in [0.2, 0.25) is 0 Å². The molecule has 0 saturated carbocycles. The second-order valence-corrected chi connectivity index (χ2v) is 5.86. The largest absolute Gasteiger partial charge is 0.314 e. The lowest BCUT2D eigenvalue weighted by Crippen LogP contribution is -2.45. The highest BCUT2D eigenvalue weighted by Crippen LogP contribution is 2.28. The van der Waals surface area contributed by atoms with E-state index in [1.807, 2.05) is 6.20 Å². The minimum atomic E-state index is 0.257. The van der Waals surface area contributed by atoms with Crippen LogP contribution in [0.1, 0.15) is 28.4 Å². The maximum Gasteiger partial charge on any atom is 0.0777 e. The fourth-order valence-electron chi connectivity index (χ4n) is 2.99. The molecule has 0 spiro atoms. The normalized spacial score (nSPS) is 17.6. The van der Waals surface area contributed by atoms with Crippen molar-refractivity contribution in [2.24, 2.45) is 0 Å². The molecule has 1 aliphatic rings. The fourth-order valence-corrected chi connectivity index (χ4v) is 2.99. The van der Waals surface area contributed by atoms with Crippen LogP contribution in [0.2, 0.25) is 0 Å². The molecule has 1 N–H and O–H groups in total. The number of pyridine rings is 1. The van der Waals surface area contributed by atoms with Gasteiger partial charge in [0.25, 0.3) is 0 Å². The van der Waals surface area contributed by atoms with E-state index in [1.165, 1.54) is 16.7 Å². The molecule has 1 atom stereocenters. The molecule has 2 heterocycles. The summed E-state index contributed by atoms with van der Waals surface area (Å²) in [7, 11) is 0. The van der Waals surface area contributed by atoms with Gasteiger partial charge in [-0.1, -0.05) is 35.9 Å². The van der Waals surface area contributed by atoms with Crippen LogP contribution in [0.5, 0.6) is 0 Å². The molecule has 0 amide bonds. The lowest BCUT2D eigenvalue weighted by molar-refractivity contribution is 0.195. The number of hydrogen-bond donors (Lipinski definition) is 1. The monoisotopic (exact) mass is 281 g/mol. The molecule has 1 aromatic carbocycles. The summed E-state index contributed by atoms with van der Waals surface area (Å²) in [5.74, 6) is 0. The summed E-state index contributed by atoms with van der Waals surface area (Å²) in [6, 6.07) is 13.4. The van der Waals surface area contributed by atoms with Crippen molar-refractivity contribution < 1.29 is 0 Å². The van der Waals surface area contributed by atoms with Crippen molar-refractivity contribution in [3.05, 3.63) is 65.0 Å². The molecular weight excluding hydrogens is 258 g/mol. The first-order chi connectivity index (χ1) is 10.2. The number of benzene rings is 1. The molecule has 2 aromatic rings. The zero-order chi connectivity index (χ0) is 14.7. The highest BCUT2D eigenvalue weighted by atomic mass is 15.2. The average Bonchev–Trinajstić information content (AvgIpc) is 2.51. The van der Waals surface area contributed by atoms with E-state index in [9.17, 15) is 0 Å². The smallest absolute Gasteiger partial charge is 0.0777 e. The molecule has 0 bridgehead atoms. The molecule has 110 valence electrons. The minimum Gasteiger partial charge on any atom is -0.314 e. The first kappa shape index (κ1) is 14.2. The third-order valence-corrected chi connectivity index (χ3v) is 4.09. The van der Waals surface area contributed by atoms with E-state index in [2.05, 4.69) is 60.5 Å². The maximum absolute atomic E-state index is 4.70.